The van der Waals surface area contributed by atoms with E-state index in [0.717, 1.165) is 25.7 Å². The third kappa shape index (κ3) is 2.27. The molecule has 1 heterocycles. The third-order valence-corrected chi connectivity index (χ3v) is 11.3. The maximum absolute atomic E-state index is 12.3. The van der Waals surface area contributed by atoms with Crippen LogP contribution < -0.4 is 0 Å². The topological polar surface area (TPSA) is 26.3 Å². The molecule has 1 spiro atoms. The lowest BCUT2D eigenvalue weighted by Crippen LogP contribution is -2.50. The van der Waals surface area contributed by atoms with Gasteiger partial charge in [-0.15, -0.1) is 0 Å². The summed E-state index contributed by atoms with van der Waals surface area (Å²) >= 11 is 0. The van der Waals surface area contributed by atoms with E-state index in [1.165, 1.54) is 0 Å². The van der Waals surface area contributed by atoms with Gasteiger partial charge in [0.1, 0.15) is 0 Å². The van der Waals surface area contributed by atoms with Crippen molar-refractivity contribution >= 4 is 19.1 Å². The lowest BCUT2D eigenvalue weighted by molar-refractivity contribution is 0.157. The maximum atomic E-state index is 12.3. The fraction of sp³-hybridized carbons (Fsp3) is 0.857. The monoisotopic (exact) mass is 286 g/mol. The van der Waals surface area contributed by atoms with Gasteiger partial charge in [0.15, 0.2) is 8.32 Å². The Morgan fingerprint density at radius 3 is 2.56 bits per heavy atom. The molecular formula is C14H26O2SSi. The van der Waals surface area contributed by atoms with Crippen LogP contribution in [0.3, 0.4) is 0 Å². The number of allylic oxidation sites excluding steroid dienone is 1. The molecule has 0 radical (unpaired) electrons. The van der Waals surface area contributed by atoms with Crippen LogP contribution in [0.25, 0.3) is 0 Å². The van der Waals surface area contributed by atoms with E-state index in [-0.39, 0.29) is 15.9 Å². The zero-order valence-electron chi connectivity index (χ0n) is 12.3. The fourth-order valence-electron chi connectivity index (χ4n) is 2.73. The summed E-state index contributed by atoms with van der Waals surface area (Å²) in [6.07, 6.45) is 6.54. The van der Waals surface area contributed by atoms with Crippen molar-refractivity contribution in [3.63, 3.8) is 0 Å². The Labute approximate surface area is 115 Å². The fourth-order valence-corrected chi connectivity index (χ4v) is 5.79. The predicted molar refractivity (Wildman–Crippen MR) is 80.6 cm³/mol. The summed E-state index contributed by atoms with van der Waals surface area (Å²) in [5, 5.41) is 2.11. The number of hydrogen-bond donors (Lipinski definition) is 0. The summed E-state index contributed by atoms with van der Waals surface area (Å²) in [4.78, 5) is 0. The van der Waals surface area contributed by atoms with Gasteiger partial charge in [0.2, 0.25) is 0 Å². The molecule has 0 aromatic heterocycles. The average molecular weight is 287 g/mol. The van der Waals surface area contributed by atoms with Crippen molar-refractivity contribution in [2.75, 3.05) is 0 Å². The molecule has 1 saturated carbocycles. The van der Waals surface area contributed by atoms with Crippen LogP contribution in [0.2, 0.25) is 18.1 Å². The Bertz CT molecular complexity index is 384. The minimum Gasteiger partial charge on any atom is -0.412 e. The van der Waals surface area contributed by atoms with E-state index in [9.17, 15) is 4.21 Å². The van der Waals surface area contributed by atoms with Crippen molar-refractivity contribution in [2.45, 2.75) is 75.4 Å². The van der Waals surface area contributed by atoms with Gasteiger partial charge in [0, 0.05) is 0 Å². The summed E-state index contributed by atoms with van der Waals surface area (Å²) in [6, 6.07) is 0. The summed E-state index contributed by atoms with van der Waals surface area (Å²) in [6.45, 7) is 11.4. The van der Waals surface area contributed by atoms with Crippen LogP contribution in [0.15, 0.2) is 11.5 Å². The summed E-state index contributed by atoms with van der Waals surface area (Å²) in [5.74, 6) is 0. The minimum atomic E-state index is -1.76. The van der Waals surface area contributed by atoms with E-state index in [2.05, 4.69) is 39.9 Å². The van der Waals surface area contributed by atoms with Crippen molar-refractivity contribution < 1.29 is 8.63 Å². The van der Waals surface area contributed by atoms with Crippen LogP contribution in [-0.4, -0.2) is 23.4 Å². The molecule has 2 nitrogen and oxygen atoms in total. The largest absolute Gasteiger partial charge is 0.412 e. The van der Waals surface area contributed by atoms with Gasteiger partial charge in [0.05, 0.1) is 21.7 Å². The molecule has 0 saturated heterocycles. The molecule has 0 amide bonds. The smallest absolute Gasteiger partial charge is 0.192 e. The molecule has 1 aliphatic carbocycles. The van der Waals surface area contributed by atoms with Gasteiger partial charge in [0.25, 0.3) is 0 Å². The van der Waals surface area contributed by atoms with Gasteiger partial charge in [-0.25, -0.2) is 0 Å². The Kier molecular flexibility index (Phi) is 3.67. The van der Waals surface area contributed by atoms with Crippen LogP contribution in [0.5, 0.6) is 0 Å². The Balaban J connectivity index is 2.17. The predicted octanol–water partition coefficient (Wildman–Crippen LogP) is 3.97. The molecule has 18 heavy (non-hydrogen) atoms. The second kappa shape index (κ2) is 4.56. The van der Waals surface area contributed by atoms with Crippen molar-refractivity contribution in [3.05, 3.63) is 11.5 Å². The first-order valence-electron chi connectivity index (χ1n) is 6.94. The van der Waals surface area contributed by atoms with Crippen LogP contribution in [0.1, 0.15) is 46.5 Å². The molecule has 1 fully saturated rings. The second-order valence-electron chi connectivity index (χ2n) is 7.20. The van der Waals surface area contributed by atoms with E-state index in [1.54, 1.807) is 0 Å². The minimum absolute atomic E-state index is 0.0878. The molecule has 1 aliphatic heterocycles. The molecule has 0 aromatic carbocycles. The molecule has 0 N–H and O–H groups in total. The zero-order chi connectivity index (χ0) is 13.6. The van der Waals surface area contributed by atoms with Crippen LogP contribution in [-0.2, 0) is 15.2 Å². The molecule has 3 atom stereocenters. The average Bonchev–Trinajstić information content (AvgIpc) is 2.76. The maximum Gasteiger partial charge on any atom is 0.192 e. The molecule has 2 rings (SSSR count). The van der Waals surface area contributed by atoms with Crippen molar-refractivity contribution in [1.82, 2.24) is 0 Å². The highest BCUT2D eigenvalue weighted by Crippen LogP contribution is 2.47. The van der Waals surface area contributed by atoms with E-state index >= 15 is 0 Å². The molecule has 2 aliphatic rings. The normalized spacial score (nSPS) is 36.7. The lowest BCUT2D eigenvalue weighted by Gasteiger charge is -2.42. The first-order chi connectivity index (χ1) is 8.19. The van der Waals surface area contributed by atoms with Crippen molar-refractivity contribution in [1.29, 1.82) is 0 Å². The summed E-state index contributed by atoms with van der Waals surface area (Å²) in [7, 11) is -2.59. The summed E-state index contributed by atoms with van der Waals surface area (Å²) in [5.41, 5.74) is 0. The van der Waals surface area contributed by atoms with Gasteiger partial charge in [-0.05, 0) is 49.2 Å². The van der Waals surface area contributed by atoms with Crippen LogP contribution in [0, 0.1) is 0 Å². The van der Waals surface area contributed by atoms with E-state index in [1.807, 2.05) is 5.41 Å². The molecule has 104 valence electrons. The van der Waals surface area contributed by atoms with Gasteiger partial charge in [-0.1, -0.05) is 26.8 Å². The number of hydrogen-bond acceptors (Lipinski definition) is 2. The highest BCUT2D eigenvalue weighted by molar-refractivity contribution is 7.89. The van der Waals surface area contributed by atoms with Crippen molar-refractivity contribution in [2.24, 2.45) is 0 Å². The lowest BCUT2D eigenvalue weighted by atomic mass is 10.0. The zero-order valence-corrected chi connectivity index (χ0v) is 14.1. The molecule has 0 aromatic rings. The van der Waals surface area contributed by atoms with Crippen LogP contribution in [0.4, 0.5) is 0 Å². The van der Waals surface area contributed by atoms with Gasteiger partial charge in [-0.3, -0.25) is 4.21 Å². The van der Waals surface area contributed by atoms with Crippen LogP contribution >= 0.6 is 0 Å². The highest BCUT2D eigenvalue weighted by Gasteiger charge is 2.52. The summed E-state index contributed by atoms with van der Waals surface area (Å²) < 4.78 is 18.8. The highest BCUT2D eigenvalue weighted by atomic mass is 32.2. The molecule has 4 heteroatoms. The second-order valence-corrected chi connectivity index (χ2v) is 13.6. The van der Waals surface area contributed by atoms with E-state index < -0.39 is 19.1 Å². The van der Waals surface area contributed by atoms with Gasteiger partial charge in [-0.2, -0.15) is 0 Å². The van der Waals surface area contributed by atoms with E-state index in [4.69, 9.17) is 4.43 Å². The Morgan fingerprint density at radius 2 is 2.06 bits per heavy atom. The van der Waals surface area contributed by atoms with Gasteiger partial charge < -0.3 is 4.43 Å². The SMILES string of the molecule is CC(C)(C)[Si](C)(C)O[C@H]1CCC[C@]12CC=CS2=O. The Morgan fingerprint density at radius 1 is 1.39 bits per heavy atom. The van der Waals surface area contributed by atoms with Gasteiger partial charge >= 0.3 is 0 Å². The van der Waals surface area contributed by atoms with E-state index in [0.29, 0.717) is 0 Å². The standard InChI is InChI=1S/C14H26O2SSi/c1-13(2,3)18(4,5)16-12-8-6-9-14(12)10-7-11-17(14)15/h7,11-12H,6,8-10H2,1-5H3/t12-,14-,17?/m0/s1. The van der Waals surface area contributed by atoms with Crippen molar-refractivity contribution in [3.8, 4) is 0 Å². The Hall–Kier alpha value is 0.0669. The first kappa shape index (κ1) is 14.5. The quantitative estimate of drug-likeness (QED) is 0.718. The third-order valence-electron chi connectivity index (χ3n) is 4.98. The molecular weight excluding hydrogens is 260 g/mol. The molecule has 0 bridgehead atoms. The first-order valence-corrected chi connectivity index (χ1v) is 11.1. The number of rotatable bonds is 2. The molecule has 1 unspecified atom stereocenters.